The van der Waals surface area contributed by atoms with E-state index in [0.29, 0.717) is 0 Å². The standard InChI is InChI=1S/C19H42N.ClHO4/c1-5-9-10-11-12-13-14-15-19-20(16-6-2,17-7-3)18-8-4;2-1(3,4)5/h5-19H2,1-4H3;(H,2,3,4,5)/q+1;/p-1. The Balaban J connectivity index is 0. The topological polar surface area (TPSA) is 92.2 Å². The molecule has 5 nitrogen and oxygen atoms in total. The molecule has 25 heavy (non-hydrogen) atoms. The predicted octanol–water partition coefficient (Wildman–Crippen LogP) is 1.42. The fourth-order valence-corrected chi connectivity index (χ4v) is 3.67. The molecule has 0 radical (unpaired) electrons. The van der Waals surface area contributed by atoms with E-state index < -0.39 is 10.2 Å². The van der Waals surface area contributed by atoms with Crippen molar-refractivity contribution in [1.29, 1.82) is 0 Å². The number of hydrogen-bond acceptors (Lipinski definition) is 4. The maximum Gasteiger partial charge on any atom is 0.0786 e. The van der Waals surface area contributed by atoms with Crippen molar-refractivity contribution in [3.05, 3.63) is 0 Å². The van der Waals surface area contributed by atoms with Crippen molar-refractivity contribution in [2.75, 3.05) is 26.2 Å². The van der Waals surface area contributed by atoms with Crippen LogP contribution in [-0.4, -0.2) is 30.7 Å². The molecule has 0 aliphatic carbocycles. The Labute approximate surface area is 158 Å². The highest BCUT2D eigenvalue weighted by Crippen LogP contribution is 2.16. The minimum absolute atomic E-state index is 1.34. The highest BCUT2D eigenvalue weighted by Gasteiger charge is 2.23. The lowest BCUT2D eigenvalue weighted by atomic mass is 10.1. The van der Waals surface area contributed by atoms with Gasteiger partial charge in [-0.1, -0.05) is 66.2 Å². The third-order valence-corrected chi connectivity index (χ3v) is 4.58. The van der Waals surface area contributed by atoms with E-state index in [9.17, 15) is 0 Å². The van der Waals surface area contributed by atoms with Crippen molar-refractivity contribution in [1.82, 2.24) is 0 Å². The van der Waals surface area contributed by atoms with Gasteiger partial charge in [0.05, 0.1) is 26.2 Å². The zero-order valence-corrected chi connectivity index (χ0v) is 17.8. The second-order valence-corrected chi connectivity index (χ2v) is 7.84. The van der Waals surface area contributed by atoms with E-state index in [1.807, 2.05) is 0 Å². The second-order valence-electron chi connectivity index (χ2n) is 7.09. The lowest BCUT2D eigenvalue weighted by Crippen LogP contribution is -2.68. The van der Waals surface area contributed by atoms with Gasteiger partial charge in [0.15, 0.2) is 0 Å². The molecule has 6 heteroatoms. The van der Waals surface area contributed by atoms with Crippen LogP contribution in [0.25, 0.3) is 0 Å². The third-order valence-electron chi connectivity index (χ3n) is 4.58. The van der Waals surface area contributed by atoms with Gasteiger partial charge in [0.1, 0.15) is 0 Å². The van der Waals surface area contributed by atoms with Crippen molar-refractivity contribution in [2.24, 2.45) is 0 Å². The van der Waals surface area contributed by atoms with Crippen molar-refractivity contribution in [2.45, 2.75) is 98.3 Å². The average Bonchev–Trinajstić information content (AvgIpc) is 2.49. The van der Waals surface area contributed by atoms with Crippen LogP contribution in [0.4, 0.5) is 0 Å². The van der Waals surface area contributed by atoms with Gasteiger partial charge in [-0.2, -0.15) is 0 Å². The molecule has 0 rings (SSSR count). The molecule has 0 spiro atoms. The zero-order valence-electron chi connectivity index (χ0n) is 17.1. The number of hydrogen-bond donors (Lipinski definition) is 0. The summed E-state index contributed by atoms with van der Waals surface area (Å²) in [5, 5.41) is 0. The van der Waals surface area contributed by atoms with Crippen LogP contribution in [-0.2, 0) is 0 Å². The molecule has 0 aromatic carbocycles. The Morgan fingerprint density at radius 1 is 0.480 bits per heavy atom. The van der Waals surface area contributed by atoms with E-state index >= 15 is 0 Å². The number of rotatable bonds is 15. The average molecular weight is 384 g/mol. The Bertz CT molecular complexity index is 250. The van der Waals surface area contributed by atoms with Gasteiger partial charge in [-0.05, 0) is 32.1 Å². The molecule has 0 aromatic heterocycles. The van der Waals surface area contributed by atoms with E-state index in [2.05, 4.69) is 27.7 Å². The third kappa shape index (κ3) is 22.0. The van der Waals surface area contributed by atoms with Crippen LogP contribution in [0.1, 0.15) is 98.3 Å². The summed E-state index contributed by atoms with van der Waals surface area (Å²) in [6.45, 7) is 15.0. The molecule has 0 aliphatic heterocycles. The first-order valence-electron chi connectivity index (χ1n) is 10.2. The van der Waals surface area contributed by atoms with E-state index in [1.165, 1.54) is 101 Å². The van der Waals surface area contributed by atoms with E-state index in [-0.39, 0.29) is 0 Å². The van der Waals surface area contributed by atoms with Gasteiger partial charge in [-0.25, -0.2) is 18.6 Å². The van der Waals surface area contributed by atoms with Gasteiger partial charge in [-0.3, -0.25) is 0 Å². The molecule has 0 heterocycles. The van der Waals surface area contributed by atoms with Crippen LogP contribution in [0.5, 0.6) is 0 Å². The Kier molecular flexibility index (Phi) is 19.1. The van der Waals surface area contributed by atoms with E-state index in [0.717, 1.165) is 0 Å². The van der Waals surface area contributed by atoms with Crippen molar-refractivity contribution in [3.8, 4) is 0 Å². The van der Waals surface area contributed by atoms with Gasteiger partial charge in [0.2, 0.25) is 0 Å². The Morgan fingerprint density at radius 3 is 1.12 bits per heavy atom. The monoisotopic (exact) mass is 383 g/mol. The zero-order chi connectivity index (χ0) is 19.6. The summed E-state index contributed by atoms with van der Waals surface area (Å²) in [4.78, 5) is 0. The number of quaternary nitrogens is 1. The normalized spacial score (nSPS) is 12.0. The molecule has 0 atom stereocenters. The van der Waals surface area contributed by atoms with Crippen LogP contribution in [0, 0.1) is 10.2 Å². The van der Waals surface area contributed by atoms with Crippen molar-refractivity contribution < 1.29 is 33.4 Å². The SMILES string of the molecule is CCCCCCCCCC[N+](CCC)(CCC)CCC.[O-][Cl+3]([O-])([O-])[O-]. The Morgan fingerprint density at radius 2 is 0.800 bits per heavy atom. The molecule has 0 saturated carbocycles. The van der Waals surface area contributed by atoms with Crippen LogP contribution in [0.3, 0.4) is 0 Å². The molecule has 0 fully saturated rings. The quantitative estimate of drug-likeness (QED) is 0.315. The van der Waals surface area contributed by atoms with Gasteiger partial charge in [-0.15, -0.1) is 10.2 Å². The highest BCUT2D eigenvalue weighted by atomic mass is 35.7. The number of halogens is 1. The lowest BCUT2D eigenvalue weighted by Gasteiger charge is -2.38. The maximum absolute atomic E-state index is 8.49. The van der Waals surface area contributed by atoms with E-state index in [4.69, 9.17) is 18.6 Å². The number of nitrogens with zero attached hydrogens (tertiary/aromatic N) is 1. The predicted molar refractivity (Wildman–Crippen MR) is 93.2 cm³/mol. The summed E-state index contributed by atoms with van der Waals surface area (Å²) in [5.74, 6) is 0. The summed E-state index contributed by atoms with van der Waals surface area (Å²) in [6, 6.07) is 0. The molecule has 154 valence electrons. The summed E-state index contributed by atoms with van der Waals surface area (Å²) in [5.41, 5.74) is 0. The lowest BCUT2D eigenvalue weighted by molar-refractivity contribution is -2.00. The molecule has 0 aromatic rings. The first-order chi connectivity index (χ1) is 11.7. The molecule has 0 aliphatic rings. The molecule has 0 unspecified atom stereocenters. The summed E-state index contributed by atoms with van der Waals surface area (Å²) < 4.78 is 35.4. The molecule has 0 bridgehead atoms. The number of unbranched alkanes of at least 4 members (excludes halogenated alkanes) is 7. The molecule has 0 amide bonds. The molecule has 0 N–H and O–H groups in total. The largest absolute Gasteiger partial charge is 0.324 e. The van der Waals surface area contributed by atoms with Gasteiger partial charge in [0, 0.05) is 0 Å². The summed E-state index contributed by atoms with van der Waals surface area (Å²) in [7, 11) is -4.94. The molecular weight excluding hydrogens is 342 g/mol. The fourth-order valence-electron chi connectivity index (χ4n) is 3.67. The minimum Gasteiger partial charge on any atom is -0.324 e. The first-order valence-corrected chi connectivity index (χ1v) is 11.4. The Hall–Kier alpha value is 0.0900. The van der Waals surface area contributed by atoms with Gasteiger partial charge < -0.3 is 4.48 Å². The summed E-state index contributed by atoms with van der Waals surface area (Å²) in [6.07, 6.45) is 15.6. The minimum atomic E-state index is -4.94. The van der Waals surface area contributed by atoms with Crippen LogP contribution >= 0.6 is 0 Å². The van der Waals surface area contributed by atoms with Gasteiger partial charge >= 0.3 is 0 Å². The molecule has 0 saturated heterocycles. The van der Waals surface area contributed by atoms with Crippen LogP contribution in [0.15, 0.2) is 0 Å². The second kappa shape index (κ2) is 17.5. The van der Waals surface area contributed by atoms with Crippen LogP contribution < -0.4 is 18.6 Å². The van der Waals surface area contributed by atoms with Crippen molar-refractivity contribution in [3.63, 3.8) is 0 Å². The summed E-state index contributed by atoms with van der Waals surface area (Å²) >= 11 is 0. The fraction of sp³-hybridized carbons (Fsp3) is 1.00. The smallest absolute Gasteiger partial charge is 0.0786 e. The maximum atomic E-state index is 8.49. The first kappa shape index (κ1) is 27.3. The van der Waals surface area contributed by atoms with Crippen LogP contribution in [0.2, 0.25) is 0 Å². The van der Waals surface area contributed by atoms with Gasteiger partial charge in [0.25, 0.3) is 0 Å². The highest BCUT2D eigenvalue weighted by molar-refractivity contribution is 4.49. The van der Waals surface area contributed by atoms with E-state index in [1.54, 1.807) is 0 Å². The molecular formula is C19H42ClNO4. The van der Waals surface area contributed by atoms with Crippen molar-refractivity contribution >= 4 is 0 Å².